The molecule has 1 saturated heterocycles. The van der Waals surface area contributed by atoms with E-state index in [-0.39, 0.29) is 28.1 Å². The molecule has 2 aromatic rings. The molecule has 0 bridgehead atoms. The number of anilines is 1. The number of nitriles is 2. The van der Waals surface area contributed by atoms with E-state index in [0.717, 1.165) is 32.4 Å². The molecule has 0 unspecified atom stereocenters. The molecule has 1 aromatic heterocycles. The minimum atomic E-state index is -0.382. The standard InChI is InChI=1S/C22H23N5OS/c1-15(29-21-19(14-24)12-18(13-23)20(25)26-21)22(28)27-9-7-17(8-10-27)11-16-5-3-2-4-6-16/h2-6,12,15,17H,7-11H2,1H3,(H2,25,26)/t15-/m0/s1. The monoisotopic (exact) mass is 405 g/mol. The first kappa shape index (κ1) is 20.7. The van der Waals surface area contributed by atoms with E-state index < -0.39 is 0 Å². The van der Waals surface area contributed by atoms with Crippen LogP contribution in [0.1, 0.15) is 36.5 Å². The van der Waals surface area contributed by atoms with Gasteiger partial charge in [-0.15, -0.1) is 0 Å². The first-order valence-corrected chi connectivity index (χ1v) is 10.5. The highest BCUT2D eigenvalue weighted by Gasteiger charge is 2.27. The average molecular weight is 406 g/mol. The lowest BCUT2D eigenvalue weighted by atomic mass is 9.90. The number of nitrogens with zero attached hydrogens (tertiary/aromatic N) is 4. The van der Waals surface area contributed by atoms with E-state index in [0.29, 0.717) is 10.9 Å². The minimum Gasteiger partial charge on any atom is -0.383 e. The summed E-state index contributed by atoms with van der Waals surface area (Å²) in [6.07, 6.45) is 3.03. The van der Waals surface area contributed by atoms with Gasteiger partial charge in [0.05, 0.1) is 16.4 Å². The summed E-state index contributed by atoms with van der Waals surface area (Å²) in [6.45, 7) is 3.31. The van der Waals surface area contributed by atoms with Crippen molar-refractivity contribution in [2.45, 2.75) is 36.5 Å². The summed E-state index contributed by atoms with van der Waals surface area (Å²) in [5, 5.41) is 18.4. The third-order valence-corrected chi connectivity index (χ3v) is 6.28. The molecule has 2 heterocycles. The fourth-order valence-corrected chi connectivity index (χ4v) is 4.52. The van der Waals surface area contributed by atoms with Crippen molar-refractivity contribution >= 4 is 23.5 Å². The molecule has 7 heteroatoms. The zero-order valence-corrected chi connectivity index (χ0v) is 17.2. The lowest BCUT2D eigenvalue weighted by Gasteiger charge is -2.33. The molecule has 0 aliphatic carbocycles. The number of carbonyl (C=O) groups is 1. The lowest BCUT2D eigenvalue weighted by molar-refractivity contribution is -0.131. The SMILES string of the molecule is C[C@H](Sc1nc(N)c(C#N)cc1C#N)C(=O)N1CCC(Cc2ccccc2)CC1. The predicted octanol–water partition coefficient (Wildman–Crippen LogP) is 3.37. The number of hydrogen-bond donors (Lipinski definition) is 1. The summed E-state index contributed by atoms with van der Waals surface area (Å²) in [6, 6.07) is 15.8. The Bertz CT molecular complexity index is 956. The van der Waals surface area contributed by atoms with E-state index in [1.165, 1.54) is 23.4 Å². The van der Waals surface area contributed by atoms with E-state index in [9.17, 15) is 10.1 Å². The highest BCUT2D eigenvalue weighted by molar-refractivity contribution is 8.00. The molecule has 0 spiro atoms. The summed E-state index contributed by atoms with van der Waals surface area (Å²) < 4.78 is 0. The summed E-state index contributed by atoms with van der Waals surface area (Å²) >= 11 is 1.22. The van der Waals surface area contributed by atoms with Gasteiger partial charge >= 0.3 is 0 Å². The van der Waals surface area contributed by atoms with Crippen molar-refractivity contribution in [1.82, 2.24) is 9.88 Å². The maximum Gasteiger partial charge on any atom is 0.235 e. The van der Waals surface area contributed by atoms with Crippen LogP contribution in [-0.4, -0.2) is 34.1 Å². The fraction of sp³-hybridized carbons (Fsp3) is 0.364. The minimum absolute atomic E-state index is 0.0433. The maximum atomic E-state index is 12.9. The van der Waals surface area contributed by atoms with Crippen LogP contribution in [0.25, 0.3) is 0 Å². The van der Waals surface area contributed by atoms with Crippen LogP contribution in [-0.2, 0) is 11.2 Å². The van der Waals surface area contributed by atoms with Crippen molar-refractivity contribution in [1.29, 1.82) is 10.5 Å². The van der Waals surface area contributed by atoms with Crippen LogP contribution in [0.4, 0.5) is 5.82 Å². The first-order chi connectivity index (χ1) is 14.0. The number of amides is 1. The molecule has 1 fully saturated rings. The summed E-state index contributed by atoms with van der Waals surface area (Å²) in [4.78, 5) is 19.0. The quantitative estimate of drug-likeness (QED) is 0.764. The Hall–Kier alpha value is -3.03. The molecule has 6 nitrogen and oxygen atoms in total. The van der Waals surface area contributed by atoms with Gasteiger partial charge in [0, 0.05) is 13.1 Å². The molecular weight excluding hydrogens is 382 g/mol. The van der Waals surface area contributed by atoms with Gasteiger partial charge < -0.3 is 10.6 Å². The molecular formula is C22H23N5OS. The largest absolute Gasteiger partial charge is 0.383 e. The van der Waals surface area contributed by atoms with E-state index in [2.05, 4.69) is 29.2 Å². The number of carbonyl (C=O) groups excluding carboxylic acids is 1. The predicted molar refractivity (Wildman–Crippen MR) is 113 cm³/mol. The Morgan fingerprint density at radius 1 is 1.24 bits per heavy atom. The Balaban J connectivity index is 1.58. The van der Waals surface area contributed by atoms with Crippen LogP contribution < -0.4 is 5.73 Å². The zero-order chi connectivity index (χ0) is 20.8. The maximum absolute atomic E-state index is 12.9. The summed E-state index contributed by atoms with van der Waals surface area (Å²) in [5.41, 5.74) is 7.56. The zero-order valence-electron chi connectivity index (χ0n) is 16.3. The highest BCUT2D eigenvalue weighted by Crippen LogP contribution is 2.30. The average Bonchev–Trinajstić information content (AvgIpc) is 2.74. The van der Waals surface area contributed by atoms with E-state index in [4.69, 9.17) is 11.0 Å². The Kier molecular flexibility index (Phi) is 6.74. The van der Waals surface area contributed by atoms with Gasteiger partial charge in [0.25, 0.3) is 0 Å². The Morgan fingerprint density at radius 2 is 1.90 bits per heavy atom. The van der Waals surface area contributed by atoms with Gasteiger partial charge in [-0.25, -0.2) is 4.98 Å². The third kappa shape index (κ3) is 5.07. The van der Waals surface area contributed by atoms with Crippen LogP contribution in [0, 0.1) is 28.6 Å². The molecule has 3 rings (SSSR count). The fourth-order valence-electron chi connectivity index (χ4n) is 3.55. The molecule has 1 aromatic carbocycles. The van der Waals surface area contributed by atoms with E-state index >= 15 is 0 Å². The van der Waals surface area contributed by atoms with Gasteiger partial charge in [0.1, 0.15) is 23.0 Å². The van der Waals surface area contributed by atoms with Crippen LogP contribution >= 0.6 is 11.8 Å². The van der Waals surface area contributed by atoms with Crippen LogP contribution in [0.3, 0.4) is 0 Å². The van der Waals surface area contributed by atoms with Gasteiger partial charge in [-0.2, -0.15) is 10.5 Å². The second kappa shape index (κ2) is 9.45. The van der Waals surface area contributed by atoms with Crippen molar-refractivity contribution in [2.24, 2.45) is 5.92 Å². The van der Waals surface area contributed by atoms with Gasteiger partial charge in [-0.05, 0) is 43.7 Å². The van der Waals surface area contributed by atoms with Gasteiger partial charge in [-0.3, -0.25) is 4.79 Å². The molecule has 2 N–H and O–H groups in total. The first-order valence-electron chi connectivity index (χ1n) is 9.62. The van der Waals surface area contributed by atoms with Crippen molar-refractivity contribution in [3.8, 4) is 12.1 Å². The molecule has 1 amide bonds. The van der Waals surface area contributed by atoms with Gasteiger partial charge in [0.2, 0.25) is 5.91 Å². The molecule has 1 aliphatic rings. The van der Waals surface area contributed by atoms with Crippen molar-refractivity contribution in [3.05, 3.63) is 53.1 Å². The second-order valence-corrected chi connectivity index (χ2v) is 8.55. The molecule has 29 heavy (non-hydrogen) atoms. The smallest absolute Gasteiger partial charge is 0.235 e. The normalized spacial score (nSPS) is 15.3. The molecule has 1 atom stereocenters. The number of benzene rings is 1. The lowest BCUT2D eigenvalue weighted by Crippen LogP contribution is -2.42. The second-order valence-electron chi connectivity index (χ2n) is 7.22. The number of rotatable bonds is 5. The van der Waals surface area contributed by atoms with Crippen molar-refractivity contribution in [2.75, 3.05) is 18.8 Å². The number of aromatic nitrogens is 1. The number of thioether (sulfide) groups is 1. The Labute approximate surface area is 175 Å². The molecule has 1 aliphatic heterocycles. The van der Waals surface area contributed by atoms with E-state index in [1.807, 2.05) is 30.0 Å². The van der Waals surface area contributed by atoms with Crippen molar-refractivity contribution < 1.29 is 4.79 Å². The van der Waals surface area contributed by atoms with Gasteiger partial charge in [-0.1, -0.05) is 42.1 Å². The number of nitrogen functional groups attached to an aromatic ring is 1. The topological polar surface area (TPSA) is 107 Å². The van der Waals surface area contributed by atoms with Crippen LogP contribution in [0.2, 0.25) is 0 Å². The number of pyridine rings is 1. The molecule has 0 saturated carbocycles. The summed E-state index contributed by atoms with van der Waals surface area (Å²) in [5.74, 6) is 0.715. The summed E-state index contributed by atoms with van der Waals surface area (Å²) in [7, 11) is 0. The van der Waals surface area contributed by atoms with Crippen LogP contribution in [0.5, 0.6) is 0 Å². The third-order valence-electron chi connectivity index (χ3n) is 5.19. The van der Waals surface area contributed by atoms with Crippen molar-refractivity contribution in [3.63, 3.8) is 0 Å². The molecule has 148 valence electrons. The number of hydrogen-bond acceptors (Lipinski definition) is 6. The molecule has 0 radical (unpaired) electrons. The number of piperidine rings is 1. The van der Waals surface area contributed by atoms with E-state index in [1.54, 1.807) is 0 Å². The number of nitrogens with two attached hydrogens (primary N) is 1. The Morgan fingerprint density at radius 3 is 2.52 bits per heavy atom. The van der Waals surface area contributed by atoms with Gasteiger partial charge in [0.15, 0.2) is 0 Å². The van der Waals surface area contributed by atoms with Crippen LogP contribution in [0.15, 0.2) is 41.4 Å². The number of likely N-dealkylation sites (tertiary alicyclic amines) is 1. The highest BCUT2D eigenvalue weighted by atomic mass is 32.2.